The Morgan fingerprint density at radius 3 is 2.48 bits per heavy atom. The smallest absolute Gasteiger partial charge is 0.165 e. The van der Waals surface area contributed by atoms with E-state index < -0.39 is 5.82 Å². The highest BCUT2D eigenvalue weighted by atomic mass is 19.1. The molecule has 0 fully saturated rings. The number of halogens is 2. The van der Waals surface area contributed by atoms with E-state index in [9.17, 15) is 8.78 Å². The van der Waals surface area contributed by atoms with E-state index in [1.807, 2.05) is 0 Å². The van der Waals surface area contributed by atoms with Gasteiger partial charge in [0.05, 0.1) is 7.11 Å². The number of hydrogen-bond acceptors (Lipinski definition) is 3. The predicted molar refractivity (Wildman–Crippen MR) is 76.4 cm³/mol. The predicted octanol–water partition coefficient (Wildman–Crippen LogP) is 3.27. The van der Waals surface area contributed by atoms with Crippen molar-refractivity contribution >= 4 is 0 Å². The summed E-state index contributed by atoms with van der Waals surface area (Å²) in [4.78, 5) is 0. The van der Waals surface area contributed by atoms with E-state index in [1.165, 1.54) is 25.3 Å². The minimum Gasteiger partial charge on any atom is -0.494 e. The van der Waals surface area contributed by atoms with Crippen molar-refractivity contribution < 1.29 is 18.3 Å². The Bertz CT molecular complexity index is 617. The van der Waals surface area contributed by atoms with Gasteiger partial charge in [0.2, 0.25) is 0 Å². The number of benzene rings is 2. The quantitative estimate of drug-likeness (QED) is 0.886. The van der Waals surface area contributed by atoms with Gasteiger partial charge in [-0.2, -0.15) is 0 Å². The maximum absolute atomic E-state index is 13.6. The molecule has 0 aliphatic rings. The second-order valence-corrected chi connectivity index (χ2v) is 4.54. The van der Waals surface area contributed by atoms with Crippen LogP contribution in [-0.4, -0.2) is 14.2 Å². The summed E-state index contributed by atoms with van der Waals surface area (Å²) >= 11 is 0. The summed E-state index contributed by atoms with van der Waals surface area (Å²) < 4.78 is 37.3. The van der Waals surface area contributed by atoms with E-state index >= 15 is 0 Å². The summed E-state index contributed by atoms with van der Waals surface area (Å²) in [5, 5.41) is 2.95. The molecule has 0 spiro atoms. The molecule has 1 N–H and O–H groups in total. The molecule has 2 aromatic rings. The summed E-state index contributed by atoms with van der Waals surface area (Å²) in [5.41, 5.74) is 1.39. The van der Waals surface area contributed by atoms with Crippen LogP contribution in [0.2, 0.25) is 0 Å². The first kappa shape index (κ1) is 15.3. The average molecular weight is 293 g/mol. The fourth-order valence-corrected chi connectivity index (χ4v) is 1.98. The summed E-state index contributed by atoms with van der Waals surface area (Å²) in [7, 11) is 3.19. The third-order valence-electron chi connectivity index (χ3n) is 3.00. The van der Waals surface area contributed by atoms with Crippen LogP contribution in [0.5, 0.6) is 11.5 Å². The first-order chi connectivity index (χ1) is 10.1. The van der Waals surface area contributed by atoms with Crippen molar-refractivity contribution in [1.29, 1.82) is 0 Å². The van der Waals surface area contributed by atoms with Gasteiger partial charge in [0.25, 0.3) is 0 Å². The molecule has 0 atom stereocenters. The first-order valence-corrected chi connectivity index (χ1v) is 6.52. The molecule has 21 heavy (non-hydrogen) atoms. The number of rotatable bonds is 6. The van der Waals surface area contributed by atoms with Gasteiger partial charge in [-0.05, 0) is 42.9 Å². The maximum Gasteiger partial charge on any atom is 0.165 e. The molecule has 0 aromatic heterocycles. The lowest BCUT2D eigenvalue weighted by atomic mass is 10.2. The van der Waals surface area contributed by atoms with Gasteiger partial charge in [0, 0.05) is 12.1 Å². The number of hydrogen-bond donors (Lipinski definition) is 1. The van der Waals surface area contributed by atoms with Crippen molar-refractivity contribution in [3.63, 3.8) is 0 Å². The molecule has 3 nitrogen and oxygen atoms in total. The number of nitrogens with one attached hydrogen (secondary N) is 1. The van der Waals surface area contributed by atoms with E-state index in [0.717, 1.165) is 0 Å². The Morgan fingerprint density at radius 2 is 1.81 bits per heavy atom. The lowest BCUT2D eigenvalue weighted by molar-refractivity contribution is 0.300. The second kappa shape index (κ2) is 7.04. The van der Waals surface area contributed by atoms with Crippen LogP contribution >= 0.6 is 0 Å². The molecule has 2 aromatic carbocycles. The van der Waals surface area contributed by atoms with E-state index in [-0.39, 0.29) is 18.2 Å². The van der Waals surface area contributed by atoms with Crippen molar-refractivity contribution in [3.05, 3.63) is 59.2 Å². The second-order valence-electron chi connectivity index (χ2n) is 4.54. The van der Waals surface area contributed by atoms with Crippen molar-refractivity contribution in [3.8, 4) is 11.5 Å². The standard InChI is InChI=1S/C16H17F2NO2/c1-19-9-12-8-13(17)4-6-15(12)21-10-11-3-5-16(20-2)14(18)7-11/h3-8,19H,9-10H2,1-2H3. The first-order valence-electron chi connectivity index (χ1n) is 6.52. The lowest BCUT2D eigenvalue weighted by Gasteiger charge is -2.12. The van der Waals surface area contributed by atoms with E-state index in [4.69, 9.17) is 9.47 Å². The van der Waals surface area contributed by atoms with Gasteiger partial charge in [-0.15, -0.1) is 0 Å². The molecule has 0 saturated carbocycles. The third-order valence-corrected chi connectivity index (χ3v) is 3.00. The maximum atomic E-state index is 13.6. The molecular formula is C16H17F2NO2. The molecule has 0 aliphatic heterocycles. The highest BCUT2D eigenvalue weighted by Crippen LogP contribution is 2.22. The Hall–Kier alpha value is -2.14. The average Bonchev–Trinajstić information content (AvgIpc) is 2.47. The van der Waals surface area contributed by atoms with E-state index in [2.05, 4.69) is 5.32 Å². The normalized spacial score (nSPS) is 10.5. The van der Waals surface area contributed by atoms with Crippen molar-refractivity contribution in [2.24, 2.45) is 0 Å². The zero-order chi connectivity index (χ0) is 15.2. The molecule has 0 radical (unpaired) electrons. The summed E-state index contributed by atoms with van der Waals surface area (Å²) in [6.07, 6.45) is 0. The molecular weight excluding hydrogens is 276 g/mol. The van der Waals surface area contributed by atoms with Crippen molar-refractivity contribution in [1.82, 2.24) is 5.32 Å². The van der Waals surface area contributed by atoms with Crippen molar-refractivity contribution in [2.75, 3.05) is 14.2 Å². The molecule has 2 rings (SSSR count). The van der Waals surface area contributed by atoms with Gasteiger partial charge >= 0.3 is 0 Å². The minimum absolute atomic E-state index is 0.191. The molecule has 0 unspecified atom stereocenters. The molecule has 0 aliphatic carbocycles. The molecule has 112 valence electrons. The minimum atomic E-state index is -0.437. The van der Waals surface area contributed by atoms with Crippen LogP contribution in [-0.2, 0) is 13.2 Å². The molecule has 0 heterocycles. The Balaban J connectivity index is 2.10. The Labute approximate surface area is 122 Å². The SMILES string of the molecule is CNCc1cc(F)ccc1OCc1ccc(OC)c(F)c1. The van der Waals surface area contributed by atoms with Gasteiger partial charge < -0.3 is 14.8 Å². The fourth-order valence-electron chi connectivity index (χ4n) is 1.98. The van der Waals surface area contributed by atoms with Crippen LogP contribution in [0.3, 0.4) is 0 Å². The zero-order valence-electron chi connectivity index (χ0n) is 12.0. The van der Waals surface area contributed by atoms with Gasteiger partial charge in [0.15, 0.2) is 11.6 Å². The van der Waals surface area contributed by atoms with Gasteiger partial charge in [0.1, 0.15) is 18.2 Å². The number of ether oxygens (including phenoxy) is 2. The van der Waals surface area contributed by atoms with Crippen LogP contribution in [0.25, 0.3) is 0 Å². The molecule has 5 heteroatoms. The van der Waals surface area contributed by atoms with Crippen LogP contribution in [0.4, 0.5) is 8.78 Å². The van der Waals surface area contributed by atoms with E-state index in [1.54, 1.807) is 25.2 Å². The summed E-state index contributed by atoms with van der Waals surface area (Å²) in [6, 6.07) is 8.96. The largest absolute Gasteiger partial charge is 0.494 e. The Morgan fingerprint density at radius 1 is 1.05 bits per heavy atom. The summed E-state index contributed by atoms with van der Waals surface area (Å²) in [5.74, 6) is 0.00891. The highest BCUT2D eigenvalue weighted by molar-refractivity contribution is 5.35. The molecule has 0 bridgehead atoms. The van der Waals surface area contributed by atoms with E-state index in [0.29, 0.717) is 23.4 Å². The highest BCUT2D eigenvalue weighted by Gasteiger charge is 2.07. The number of methoxy groups -OCH3 is 1. The van der Waals surface area contributed by atoms with Crippen LogP contribution < -0.4 is 14.8 Å². The fraction of sp³-hybridized carbons (Fsp3) is 0.250. The van der Waals surface area contributed by atoms with Gasteiger partial charge in [-0.1, -0.05) is 6.07 Å². The Kier molecular flexibility index (Phi) is 5.11. The zero-order valence-corrected chi connectivity index (χ0v) is 12.0. The van der Waals surface area contributed by atoms with Crippen LogP contribution in [0.1, 0.15) is 11.1 Å². The van der Waals surface area contributed by atoms with Crippen LogP contribution in [0.15, 0.2) is 36.4 Å². The summed E-state index contributed by atoms with van der Waals surface area (Å²) in [6.45, 7) is 0.688. The monoisotopic (exact) mass is 293 g/mol. The van der Waals surface area contributed by atoms with Crippen molar-refractivity contribution in [2.45, 2.75) is 13.2 Å². The molecule has 0 amide bonds. The van der Waals surface area contributed by atoms with Crippen LogP contribution in [0, 0.1) is 11.6 Å². The topological polar surface area (TPSA) is 30.5 Å². The lowest BCUT2D eigenvalue weighted by Crippen LogP contribution is -2.08. The van der Waals surface area contributed by atoms with Gasteiger partial charge in [-0.3, -0.25) is 0 Å². The third kappa shape index (κ3) is 3.92. The van der Waals surface area contributed by atoms with Gasteiger partial charge in [-0.25, -0.2) is 8.78 Å². The molecule has 0 saturated heterocycles.